The first-order valence-corrected chi connectivity index (χ1v) is 8.87. The number of ketones is 1. The molecule has 1 aliphatic rings. The number of hydrogen-bond donors (Lipinski definition) is 0. The molecule has 1 heterocycles. The summed E-state index contributed by atoms with van der Waals surface area (Å²) in [7, 11) is -1.60. The highest BCUT2D eigenvalue weighted by Gasteiger charge is 2.27. The molecule has 1 unspecified atom stereocenters. The molecule has 0 aromatic heterocycles. The highest BCUT2D eigenvalue weighted by molar-refractivity contribution is 7.88. The number of carbonyl (C=O) groups is 1. The number of hydrogen-bond acceptors (Lipinski definition) is 4. The van der Waals surface area contributed by atoms with E-state index in [1.807, 2.05) is 0 Å². The minimum absolute atomic E-state index is 0.0363. The van der Waals surface area contributed by atoms with Crippen molar-refractivity contribution in [2.75, 3.05) is 26.5 Å². The molecule has 0 aliphatic carbocycles. The molecule has 0 radical (unpaired) electrons. The molecule has 0 N–H and O–H groups in total. The summed E-state index contributed by atoms with van der Waals surface area (Å²) >= 11 is 0. The van der Waals surface area contributed by atoms with Crippen LogP contribution in [0.25, 0.3) is 0 Å². The number of Topliss-reactive ketones (excluding diaryl/α,β-unsaturated/α-hetero) is 1. The monoisotopic (exact) mass is 311 g/mol. The van der Waals surface area contributed by atoms with E-state index in [2.05, 4.69) is 0 Å². The lowest BCUT2D eigenvalue weighted by Crippen LogP contribution is -2.39. The standard InChI is InChI=1S/C15H21NO4S/c1-20-14-7-3-6-13(10-14)15(17)9-12-5-4-8-16(11-12)21(2,18)19/h3,6-7,10,12H,4-5,8-9,11H2,1-2H3. The third-order valence-corrected chi connectivity index (χ3v) is 5.09. The Labute approximate surface area is 126 Å². The number of ether oxygens (including phenoxy) is 1. The summed E-state index contributed by atoms with van der Waals surface area (Å²) in [5.41, 5.74) is 0.617. The van der Waals surface area contributed by atoms with E-state index < -0.39 is 10.0 Å². The number of sulfonamides is 1. The van der Waals surface area contributed by atoms with Gasteiger partial charge in [-0.3, -0.25) is 4.79 Å². The first kappa shape index (κ1) is 16.0. The summed E-state index contributed by atoms with van der Waals surface area (Å²) < 4.78 is 29.8. The minimum Gasteiger partial charge on any atom is -0.497 e. The van der Waals surface area contributed by atoms with Gasteiger partial charge in [0.2, 0.25) is 10.0 Å². The van der Waals surface area contributed by atoms with Crippen LogP contribution in [0.15, 0.2) is 24.3 Å². The van der Waals surface area contributed by atoms with Gasteiger partial charge in [0.15, 0.2) is 5.78 Å². The summed E-state index contributed by atoms with van der Waals surface area (Å²) in [6.45, 7) is 0.997. The Morgan fingerprint density at radius 2 is 2.19 bits per heavy atom. The maximum atomic E-state index is 12.3. The first-order valence-electron chi connectivity index (χ1n) is 7.02. The number of benzene rings is 1. The van der Waals surface area contributed by atoms with Gasteiger partial charge in [-0.25, -0.2) is 12.7 Å². The highest BCUT2D eigenvalue weighted by atomic mass is 32.2. The van der Waals surface area contributed by atoms with Gasteiger partial charge in [0.25, 0.3) is 0 Å². The van der Waals surface area contributed by atoms with Crippen LogP contribution < -0.4 is 4.74 Å². The Kier molecular flexibility index (Phi) is 5.00. The molecule has 1 atom stereocenters. The van der Waals surface area contributed by atoms with Crippen LogP contribution in [0.2, 0.25) is 0 Å². The van der Waals surface area contributed by atoms with Crippen molar-refractivity contribution in [3.05, 3.63) is 29.8 Å². The largest absolute Gasteiger partial charge is 0.497 e. The van der Waals surface area contributed by atoms with Gasteiger partial charge in [0, 0.05) is 25.1 Å². The molecule has 1 saturated heterocycles. The maximum absolute atomic E-state index is 12.3. The molecule has 5 nitrogen and oxygen atoms in total. The van der Waals surface area contributed by atoms with Gasteiger partial charge >= 0.3 is 0 Å². The van der Waals surface area contributed by atoms with Crippen LogP contribution in [0, 0.1) is 5.92 Å². The second-order valence-electron chi connectivity index (χ2n) is 5.49. The molecule has 0 spiro atoms. The van der Waals surface area contributed by atoms with Crippen LogP contribution in [0.3, 0.4) is 0 Å². The second-order valence-corrected chi connectivity index (χ2v) is 7.47. The number of methoxy groups -OCH3 is 1. The second kappa shape index (κ2) is 6.58. The fourth-order valence-corrected chi connectivity index (χ4v) is 3.61. The Balaban J connectivity index is 2.02. The van der Waals surface area contributed by atoms with Crippen LogP contribution in [0.1, 0.15) is 29.6 Å². The Hall–Kier alpha value is -1.40. The van der Waals surface area contributed by atoms with Crippen molar-refractivity contribution in [1.82, 2.24) is 4.31 Å². The molecular weight excluding hydrogens is 290 g/mol. The Morgan fingerprint density at radius 3 is 2.86 bits per heavy atom. The zero-order chi connectivity index (χ0) is 15.5. The van der Waals surface area contributed by atoms with Crippen molar-refractivity contribution in [1.29, 1.82) is 0 Å². The molecule has 1 fully saturated rings. The van der Waals surface area contributed by atoms with Crippen LogP contribution in [-0.4, -0.2) is 45.0 Å². The first-order chi connectivity index (χ1) is 9.90. The van der Waals surface area contributed by atoms with Crippen molar-refractivity contribution in [3.8, 4) is 5.75 Å². The number of rotatable bonds is 5. The number of nitrogens with zero attached hydrogens (tertiary/aromatic N) is 1. The molecule has 116 valence electrons. The topological polar surface area (TPSA) is 63.7 Å². The molecule has 21 heavy (non-hydrogen) atoms. The smallest absolute Gasteiger partial charge is 0.211 e. The molecule has 2 rings (SSSR count). The van der Waals surface area contributed by atoms with Crippen molar-refractivity contribution >= 4 is 15.8 Å². The van der Waals surface area contributed by atoms with Crippen molar-refractivity contribution in [2.24, 2.45) is 5.92 Å². The lowest BCUT2D eigenvalue weighted by Gasteiger charge is -2.30. The minimum atomic E-state index is -3.17. The van der Waals surface area contributed by atoms with E-state index in [1.165, 1.54) is 10.6 Å². The lowest BCUT2D eigenvalue weighted by molar-refractivity contribution is 0.0942. The van der Waals surface area contributed by atoms with Crippen LogP contribution in [-0.2, 0) is 10.0 Å². The summed E-state index contributed by atoms with van der Waals surface area (Å²) in [5, 5.41) is 0. The maximum Gasteiger partial charge on any atom is 0.211 e. The average molecular weight is 311 g/mol. The fourth-order valence-electron chi connectivity index (χ4n) is 2.67. The summed E-state index contributed by atoms with van der Waals surface area (Å²) in [5.74, 6) is 0.781. The molecule has 1 aromatic carbocycles. The van der Waals surface area contributed by atoms with E-state index in [1.54, 1.807) is 31.4 Å². The van der Waals surface area contributed by atoms with Gasteiger partial charge in [-0.15, -0.1) is 0 Å². The van der Waals surface area contributed by atoms with E-state index in [0.717, 1.165) is 12.8 Å². The molecular formula is C15H21NO4S. The number of piperidine rings is 1. The van der Waals surface area contributed by atoms with Crippen LogP contribution >= 0.6 is 0 Å². The van der Waals surface area contributed by atoms with Gasteiger partial charge < -0.3 is 4.74 Å². The zero-order valence-corrected chi connectivity index (χ0v) is 13.2. The Bertz CT molecular complexity index is 612. The average Bonchev–Trinajstić information content (AvgIpc) is 2.46. The number of carbonyl (C=O) groups excluding carboxylic acids is 1. The fraction of sp³-hybridized carbons (Fsp3) is 0.533. The third-order valence-electron chi connectivity index (χ3n) is 3.82. The van der Waals surface area contributed by atoms with Gasteiger partial charge in [-0.2, -0.15) is 0 Å². The zero-order valence-electron chi connectivity index (χ0n) is 12.4. The van der Waals surface area contributed by atoms with E-state index in [4.69, 9.17) is 4.74 Å². The Morgan fingerprint density at radius 1 is 1.43 bits per heavy atom. The summed E-state index contributed by atoms with van der Waals surface area (Å²) in [4.78, 5) is 12.3. The third kappa shape index (κ3) is 4.28. The van der Waals surface area contributed by atoms with Gasteiger partial charge in [-0.1, -0.05) is 12.1 Å². The summed E-state index contributed by atoms with van der Waals surface area (Å²) in [6.07, 6.45) is 3.29. The molecule has 1 aromatic rings. The normalized spacial score (nSPS) is 20.2. The predicted molar refractivity (Wildman–Crippen MR) is 81.1 cm³/mol. The highest BCUT2D eigenvalue weighted by Crippen LogP contribution is 2.24. The molecule has 6 heteroatoms. The van der Waals surface area contributed by atoms with Crippen LogP contribution in [0.5, 0.6) is 5.75 Å². The predicted octanol–water partition coefficient (Wildman–Crippen LogP) is 1.94. The SMILES string of the molecule is COc1cccc(C(=O)CC2CCCN(S(C)(=O)=O)C2)c1. The molecule has 0 bridgehead atoms. The summed E-state index contributed by atoms with van der Waals surface area (Å²) in [6, 6.07) is 7.07. The van der Waals surface area contributed by atoms with Crippen molar-refractivity contribution in [3.63, 3.8) is 0 Å². The molecule has 0 amide bonds. The molecule has 0 saturated carbocycles. The van der Waals surface area contributed by atoms with Crippen molar-refractivity contribution < 1.29 is 17.9 Å². The van der Waals surface area contributed by atoms with Gasteiger partial charge in [0.1, 0.15) is 5.75 Å². The van der Waals surface area contributed by atoms with Crippen LogP contribution in [0.4, 0.5) is 0 Å². The lowest BCUT2D eigenvalue weighted by atomic mass is 9.92. The quantitative estimate of drug-likeness (QED) is 0.780. The van der Waals surface area contributed by atoms with Crippen molar-refractivity contribution in [2.45, 2.75) is 19.3 Å². The van der Waals surface area contributed by atoms with Gasteiger partial charge in [-0.05, 0) is 30.9 Å². The van der Waals surface area contributed by atoms with E-state index in [-0.39, 0.29) is 11.7 Å². The molecule has 1 aliphatic heterocycles. The van der Waals surface area contributed by atoms with E-state index >= 15 is 0 Å². The van der Waals surface area contributed by atoms with Gasteiger partial charge in [0.05, 0.1) is 13.4 Å². The van der Waals surface area contributed by atoms with E-state index in [9.17, 15) is 13.2 Å². The van der Waals surface area contributed by atoms with E-state index in [0.29, 0.717) is 30.8 Å².